The Hall–Kier alpha value is -1.26. The van der Waals surface area contributed by atoms with Gasteiger partial charge in [-0.25, -0.2) is 3.96 Å². The van der Waals surface area contributed by atoms with Gasteiger partial charge < -0.3 is 4.90 Å². The van der Waals surface area contributed by atoms with Crippen molar-refractivity contribution in [3.63, 3.8) is 0 Å². The van der Waals surface area contributed by atoms with Crippen molar-refractivity contribution in [3.8, 4) is 5.69 Å². The molecule has 0 saturated heterocycles. The summed E-state index contributed by atoms with van der Waals surface area (Å²) in [6.07, 6.45) is 0. The van der Waals surface area contributed by atoms with Gasteiger partial charge in [-0.05, 0) is 35.8 Å². The van der Waals surface area contributed by atoms with Gasteiger partial charge in [-0.15, -0.1) is 0 Å². The van der Waals surface area contributed by atoms with Crippen LogP contribution in [-0.2, 0) is 0 Å². The summed E-state index contributed by atoms with van der Waals surface area (Å²) < 4.78 is 2.07. The van der Waals surface area contributed by atoms with E-state index in [0.717, 1.165) is 11.4 Å². The molecule has 16 heavy (non-hydrogen) atoms. The molecule has 0 spiro atoms. The Balaban J connectivity index is 2.42. The molecule has 0 saturated carbocycles. The molecule has 84 valence electrons. The molecule has 0 fully saturated rings. The monoisotopic (exact) mass is 254 g/mol. The molecule has 0 aliphatic heterocycles. The second-order valence-electron chi connectivity index (χ2n) is 3.58. The van der Waals surface area contributed by atoms with Gasteiger partial charge in [-0.1, -0.05) is 11.6 Å². The summed E-state index contributed by atoms with van der Waals surface area (Å²) >= 11 is 7.02. The third-order valence-electron chi connectivity index (χ3n) is 2.22. The highest BCUT2D eigenvalue weighted by molar-refractivity contribution is 7.11. The Morgan fingerprint density at radius 3 is 2.31 bits per heavy atom. The molecule has 0 aliphatic carbocycles. The normalized spacial score (nSPS) is 10.4. The number of halogens is 1. The quantitative estimate of drug-likeness (QED) is 0.823. The summed E-state index contributed by atoms with van der Waals surface area (Å²) in [5, 5.41) is 0. The number of hydrogen-bond acceptors (Lipinski definition) is 3. The maximum absolute atomic E-state index is 11.5. The first kappa shape index (κ1) is 11.2. The van der Waals surface area contributed by atoms with Gasteiger partial charge in [-0.2, -0.15) is 0 Å². The van der Waals surface area contributed by atoms with Crippen LogP contribution in [0.15, 0.2) is 35.1 Å². The van der Waals surface area contributed by atoms with Crippen LogP contribution in [0.3, 0.4) is 0 Å². The number of aromatic nitrogens is 1. The number of rotatable bonds is 2. The Morgan fingerprint density at radius 1 is 1.25 bits per heavy atom. The van der Waals surface area contributed by atoms with E-state index in [-0.39, 0.29) is 5.56 Å². The maximum atomic E-state index is 11.5. The van der Waals surface area contributed by atoms with Gasteiger partial charge in [-0.3, -0.25) is 4.79 Å². The molecule has 3 nitrogen and oxygen atoms in total. The average Bonchev–Trinajstić information content (AvgIpc) is 2.58. The zero-order valence-corrected chi connectivity index (χ0v) is 10.5. The minimum atomic E-state index is -0.0902. The highest BCUT2D eigenvalue weighted by atomic mass is 35.5. The predicted molar refractivity (Wildman–Crippen MR) is 69.3 cm³/mol. The van der Waals surface area contributed by atoms with E-state index in [9.17, 15) is 4.79 Å². The summed E-state index contributed by atoms with van der Waals surface area (Å²) in [5.74, 6) is 0. The lowest BCUT2D eigenvalue weighted by Crippen LogP contribution is -2.11. The van der Waals surface area contributed by atoms with Crippen LogP contribution in [0.4, 0.5) is 5.69 Å². The second-order valence-corrected chi connectivity index (χ2v) is 5.20. The van der Waals surface area contributed by atoms with Crippen molar-refractivity contribution >= 4 is 28.8 Å². The molecule has 0 N–H and O–H groups in total. The van der Waals surface area contributed by atoms with E-state index in [0.29, 0.717) is 4.34 Å². The molecule has 1 aromatic heterocycles. The van der Waals surface area contributed by atoms with Crippen LogP contribution in [0.5, 0.6) is 0 Å². The van der Waals surface area contributed by atoms with E-state index in [1.165, 1.54) is 17.6 Å². The van der Waals surface area contributed by atoms with Gasteiger partial charge in [0.15, 0.2) is 0 Å². The Labute approximate surface area is 103 Å². The van der Waals surface area contributed by atoms with Gasteiger partial charge in [0.05, 0.1) is 5.69 Å². The largest absolute Gasteiger partial charge is 0.378 e. The van der Waals surface area contributed by atoms with Gasteiger partial charge >= 0.3 is 0 Å². The number of anilines is 1. The summed E-state index contributed by atoms with van der Waals surface area (Å²) in [5.41, 5.74) is 1.85. The lowest BCUT2D eigenvalue weighted by atomic mass is 10.3. The van der Waals surface area contributed by atoms with Crippen LogP contribution in [0.25, 0.3) is 5.69 Å². The number of hydrogen-bond donors (Lipinski definition) is 0. The molecule has 0 aliphatic rings. The van der Waals surface area contributed by atoms with Gasteiger partial charge in [0, 0.05) is 25.8 Å². The summed E-state index contributed by atoms with van der Waals surface area (Å²) in [7, 11) is 3.95. The molecule has 1 aromatic carbocycles. The summed E-state index contributed by atoms with van der Waals surface area (Å²) in [4.78, 5) is 13.5. The van der Waals surface area contributed by atoms with Crippen LogP contribution in [0.2, 0.25) is 4.34 Å². The lowest BCUT2D eigenvalue weighted by molar-refractivity contribution is 1.11. The molecule has 0 radical (unpaired) electrons. The van der Waals surface area contributed by atoms with Crippen molar-refractivity contribution in [1.29, 1.82) is 0 Å². The molecule has 0 unspecified atom stereocenters. The Kier molecular flexibility index (Phi) is 3.03. The van der Waals surface area contributed by atoms with E-state index >= 15 is 0 Å². The van der Waals surface area contributed by atoms with Crippen LogP contribution in [0, 0.1) is 0 Å². The van der Waals surface area contributed by atoms with Crippen LogP contribution >= 0.6 is 23.1 Å². The molecule has 0 amide bonds. The SMILES string of the molecule is CN(C)c1ccc(-n2sc(Cl)cc2=O)cc1. The zero-order chi connectivity index (χ0) is 11.7. The fourth-order valence-electron chi connectivity index (χ4n) is 1.38. The second kappa shape index (κ2) is 4.31. The molecular formula is C11H11ClN2OS. The fraction of sp³-hybridized carbons (Fsp3) is 0.182. The molecule has 2 aromatic rings. The van der Waals surface area contributed by atoms with Crippen molar-refractivity contribution in [1.82, 2.24) is 3.96 Å². The highest BCUT2D eigenvalue weighted by Gasteiger charge is 2.04. The first-order valence-electron chi connectivity index (χ1n) is 4.74. The van der Waals surface area contributed by atoms with Crippen LogP contribution in [0.1, 0.15) is 0 Å². The standard InChI is InChI=1S/C11H11ClN2OS/c1-13(2)8-3-5-9(6-4-8)14-11(15)7-10(12)16-14/h3-7H,1-2H3. The lowest BCUT2D eigenvalue weighted by Gasteiger charge is -2.12. The molecule has 2 rings (SSSR count). The van der Waals surface area contributed by atoms with E-state index < -0.39 is 0 Å². The van der Waals surface area contributed by atoms with Crippen molar-refractivity contribution in [3.05, 3.63) is 45.0 Å². The zero-order valence-electron chi connectivity index (χ0n) is 8.98. The maximum Gasteiger partial charge on any atom is 0.266 e. The van der Waals surface area contributed by atoms with E-state index in [1.54, 1.807) is 3.96 Å². The predicted octanol–water partition coefficient (Wildman–Crippen LogP) is 2.62. The number of benzene rings is 1. The Morgan fingerprint density at radius 2 is 1.88 bits per heavy atom. The van der Waals surface area contributed by atoms with E-state index in [2.05, 4.69) is 0 Å². The van der Waals surface area contributed by atoms with Crippen molar-refractivity contribution in [2.24, 2.45) is 0 Å². The van der Waals surface area contributed by atoms with Gasteiger partial charge in [0.2, 0.25) is 0 Å². The van der Waals surface area contributed by atoms with E-state index in [1.807, 2.05) is 43.3 Å². The molecule has 5 heteroatoms. The third-order valence-corrected chi connectivity index (χ3v) is 3.40. The van der Waals surface area contributed by atoms with Gasteiger partial charge in [0.1, 0.15) is 4.34 Å². The third kappa shape index (κ3) is 2.13. The fourth-order valence-corrected chi connectivity index (χ4v) is 2.38. The van der Waals surface area contributed by atoms with Crippen molar-refractivity contribution < 1.29 is 0 Å². The number of nitrogens with zero attached hydrogens (tertiary/aromatic N) is 2. The summed E-state index contributed by atoms with van der Waals surface area (Å²) in [6.45, 7) is 0. The molecule has 0 bridgehead atoms. The van der Waals surface area contributed by atoms with E-state index in [4.69, 9.17) is 11.6 Å². The molecule has 1 heterocycles. The highest BCUT2D eigenvalue weighted by Crippen LogP contribution is 2.19. The smallest absolute Gasteiger partial charge is 0.266 e. The first-order chi connectivity index (χ1) is 7.58. The molecule has 0 atom stereocenters. The van der Waals surface area contributed by atoms with Crippen LogP contribution < -0.4 is 10.5 Å². The summed E-state index contributed by atoms with van der Waals surface area (Å²) in [6, 6.07) is 9.17. The Bertz CT molecular complexity index is 542. The minimum absolute atomic E-state index is 0.0902. The van der Waals surface area contributed by atoms with Crippen molar-refractivity contribution in [2.45, 2.75) is 0 Å². The van der Waals surface area contributed by atoms with Crippen molar-refractivity contribution in [2.75, 3.05) is 19.0 Å². The van der Waals surface area contributed by atoms with Gasteiger partial charge in [0.25, 0.3) is 5.56 Å². The average molecular weight is 255 g/mol. The topological polar surface area (TPSA) is 25.2 Å². The van der Waals surface area contributed by atoms with Crippen LogP contribution in [-0.4, -0.2) is 18.1 Å². The molecular weight excluding hydrogens is 244 g/mol. The minimum Gasteiger partial charge on any atom is -0.378 e. The first-order valence-corrected chi connectivity index (χ1v) is 5.90.